The molecule has 0 aromatic heterocycles. The highest BCUT2D eigenvalue weighted by molar-refractivity contribution is 7.80. The summed E-state index contributed by atoms with van der Waals surface area (Å²) in [6.07, 6.45) is 0. The Balaban J connectivity index is 2.01. The van der Waals surface area contributed by atoms with Crippen LogP contribution >= 0.6 is 12.2 Å². The second-order valence-electron chi connectivity index (χ2n) is 6.57. The number of benzene rings is 2. The van der Waals surface area contributed by atoms with Crippen LogP contribution in [0.4, 0.5) is 10.1 Å². The minimum absolute atomic E-state index is 0.118. The summed E-state index contributed by atoms with van der Waals surface area (Å²) in [6.45, 7) is 8.43. The van der Waals surface area contributed by atoms with Gasteiger partial charge in [-0.2, -0.15) is 5.10 Å². The second-order valence-corrected chi connectivity index (χ2v) is 6.98. The van der Waals surface area contributed by atoms with E-state index >= 15 is 0 Å². The molecular formula is C19H22FN3S. The van der Waals surface area contributed by atoms with E-state index in [4.69, 9.17) is 12.2 Å². The van der Waals surface area contributed by atoms with E-state index in [1.165, 1.54) is 11.6 Å². The molecule has 0 aliphatic heterocycles. The Kier molecular flexibility index (Phi) is 5.67. The van der Waals surface area contributed by atoms with Gasteiger partial charge in [0, 0.05) is 0 Å². The number of para-hydroxylation sites is 1. The molecule has 0 heterocycles. The molecule has 0 amide bonds. The van der Waals surface area contributed by atoms with Crippen molar-refractivity contribution in [1.29, 1.82) is 0 Å². The summed E-state index contributed by atoms with van der Waals surface area (Å²) >= 11 is 5.14. The van der Waals surface area contributed by atoms with Gasteiger partial charge < -0.3 is 5.32 Å². The third-order valence-corrected chi connectivity index (χ3v) is 3.81. The molecule has 2 aromatic rings. The van der Waals surface area contributed by atoms with Gasteiger partial charge >= 0.3 is 0 Å². The molecule has 2 N–H and O–H groups in total. The molecule has 24 heavy (non-hydrogen) atoms. The quantitative estimate of drug-likeness (QED) is 0.476. The Bertz CT molecular complexity index is 746. The van der Waals surface area contributed by atoms with Crippen molar-refractivity contribution in [2.24, 2.45) is 5.10 Å². The van der Waals surface area contributed by atoms with Crippen LogP contribution in [0.3, 0.4) is 0 Å². The lowest BCUT2D eigenvalue weighted by Crippen LogP contribution is -2.25. The van der Waals surface area contributed by atoms with E-state index in [1.807, 2.05) is 19.1 Å². The number of hydrogen-bond acceptors (Lipinski definition) is 2. The van der Waals surface area contributed by atoms with Crippen molar-refractivity contribution in [3.8, 4) is 0 Å². The fraction of sp³-hybridized carbons (Fsp3) is 0.263. The highest BCUT2D eigenvalue weighted by Gasteiger charge is 2.13. The van der Waals surface area contributed by atoms with Crippen molar-refractivity contribution in [1.82, 2.24) is 5.43 Å². The van der Waals surface area contributed by atoms with Gasteiger partial charge in [0.05, 0.1) is 11.4 Å². The molecule has 0 bridgehead atoms. The zero-order valence-electron chi connectivity index (χ0n) is 14.4. The van der Waals surface area contributed by atoms with Crippen LogP contribution < -0.4 is 10.7 Å². The Morgan fingerprint density at radius 2 is 1.67 bits per heavy atom. The molecule has 2 rings (SSSR count). The number of halogens is 1. The summed E-state index contributed by atoms with van der Waals surface area (Å²) in [6, 6.07) is 14.6. The Morgan fingerprint density at radius 3 is 2.25 bits per heavy atom. The molecule has 0 aliphatic rings. The molecule has 3 nitrogen and oxygen atoms in total. The number of hydrazone groups is 1. The second kappa shape index (κ2) is 7.53. The average molecular weight is 343 g/mol. The van der Waals surface area contributed by atoms with Crippen molar-refractivity contribution >= 4 is 28.7 Å². The molecule has 5 heteroatoms. The van der Waals surface area contributed by atoms with Crippen LogP contribution in [0.5, 0.6) is 0 Å². The van der Waals surface area contributed by atoms with Crippen molar-refractivity contribution < 1.29 is 4.39 Å². The molecule has 0 unspecified atom stereocenters. The maximum atomic E-state index is 13.6. The Labute approximate surface area is 148 Å². The molecule has 0 saturated carbocycles. The van der Waals surface area contributed by atoms with Crippen LogP contribution in [-0.2, 0) is 5.41 Å². The van der Waals surface area contributed by atoms with Crippen LogP contribution in [0.2, 0.25) is 0 Å². The monoisotopic (exact) mass is 343 g/mol. The summed E-state index contributed by atoms with van der Waals surface area (Å²) in [5.41, 5.74) is 6.25. The summed E-state index contributed by atoms with van der Waals surface area (Å²) in [5.74, 6) is -0.361. The van der Waals surface area contributed by atoms with Gasteiger partial charge in [-0.05, 0) is 47.8 Å². The van der Waals surface area contributed by atoms with Crippen LogP contribution in [-0.4, -0.2) is 10.8 Å². The first kappa shape index (κ1) is 18.1. The first-order valence-electron chi connectivity index (χ1n) is 7.74. The smallest absolute Gasteiger partial charge is 0.191 e. The SMILES string of the molecule is C/C(=N/NC(=S)Nc1ccccc1F)c1ccc(C(C)(C)C)cc1. The van der Waals surface area contributed by atoms with E-state index in [-0.39, 0.29) is 16.3 Å². The van der Waals surface area contributed by atoms with E-state index in [1.54, 1.807) is 18.2 Å². The summed E-state index contributed by atoms with van der Waals surface area (Å²) in [4.78, 5) is 0. The minimum Gasteiger partial charge on any atom is -0.329 e. The maximum Gasteiger partial charge on any atom is 0.191 e. The molecule has 2 aromatic carbocycles. The van der Waals surface area contributed by atoms with E-state index in [0.29, 0.717) is 5.69 Å². The Morgan fingerprint density at radius 1 is 1.04 bits per heavy atom. The number of thiocarbonyl (C=S) groups is 1. The summed E-state index contributed by atoms with van der Waals surface area (Å²) < 4.78 is 13.6. The molecule has 0 spiro atoms. The van der Waals surface area contributed by atoms with Gasteiger partial charge in [0.1, 0.15) is 5.82 Å². The number of nitrogens with one attached hydrogen (secondary N) is 2. The lowest BCUT2D eigenvalue weighted by atomic mass is 9.86. The summed E-state index contributed by atoms with van der Waals surface area (Å²) in [7, 11) is 0. The van der Waals surface area contributed by atoms with Crippen molar-refractivity contribution in [3.63, 3.8) is 0 Å². The highest BCUT2D eigenvalue weighted by atomic mass is 32.1. The number of rotatable bonds is 3. The van der Waals surface area contributed by atoms with Crippen molar-refractivity contribution in [3.05, 3.63) is 65.5 Å². The molecule has 126 valence electrons. The fourth-order valence-corrected chi connectivity index (χ4v) is 2.28. The van der Waals surface area contributed by atoms with Gasteiger partial charge in [-0.3, -0.25) is 5.43 Å². The molecule has 0 fully saturated rings. The topological polar surface area (TPSA) is 36.4 Å². The first-order valence-corrected chi connectivity index (χ1v) is 8.15. The van der Waals surface area contributed by atoms with E-state index in [2.05, 4.69) is 48.7 Å². The first-order chi connectivity index (χ1) is 11.3. The number of hydrogen-bond donors (Lipinski definition) is 2. The molecule has 0 aliphatic carbocycles. The lowest BCUT2D eigenvalue weighted by Gasteiger charge is -2.19. The lowest BCUT2D eigenvalue weighted by molar-refractivity contribution is 0.590. The minimum atomic E-state index is -0.361. The van der Waals surface area contributed by atoms with Crippen LogP contribution in [0.25, 0.3) is 0 Å². The zero-order chi connectivity index (χ0) is 17.7. The van der Waals surface area contributed by atoms with Gasteiger partial charge in [-0.25, -0.2) is 4.39 Å². The number of anilines is 1. The standard InChI is InChI=1S/C19H22FN3S/c1-13(14-9-11-15(12-10-14)19(2,3)4)22-23-18(24)21-17-8-6-5-7-16(17)20/h5-12H,1-4H3,(H2,21,23,24)/b22-13-. The molecule has 0 radical (unpaired) electrons. The van der Waals surface area contributed by atoms with E-state index < -0.39 is 0 Å². The zero-order valence-corrected chi connectivity index (χ0v) is 15.2. The van der Waals surface area contributed by atoms with Crippen LogP contribution in [0.15, 0.2) is 53.6 Å². The largest absolute Gasteiger partial charge is 0.329 e. The normalized spacial score (nSPS) is 12.0. The van der Waals surface area contributed by atoms with Crippen molar-refractivity contribution in [2.45, 2.75) is 33.1 Å². The van der Waals surface area contributed by atoms with Gasteiger partial charge in [-0.15, -0.1) is 0 Å². The highest BCUT2D eigenvalue weighted by Crippen LogP contribution is 2.22. The van der Waals surface area contributed by atoms with Crippen LogP contribution in [0, 0.1) is 5.82 Å². The predicted octanol–water partition coefficient (Wildman–Crippen LogP) is 4.83. The third-order valence-electron chi connectivity index (χ3n) is 3.62. The van der Waals surface area contributed by atoms with E-state index in [9.17, 15) is 4.39 Å². The van der Waals surface area contributed by atoms with Crippen LogP contribution in [0.1, 0.15) is 38.8 Å². The van der Waals surface area contributed by atoms with Crippen molar-refractivity contribution in [2.75, 3.05) is 5.32 Å². The number of nitrogens with zero attached hydrogens (tertiary/aromatic N) is 1. The van der Waals surface area contributed by atoms with Gasteiger partial charge in [-0.1, -0.05) is 57.2 Å². The predicted molar refractivity (Wildman–Crippen MR) is 103 cm³/mol. The Hall–Kier alpha value is -2.27. The molecule has 0 atom stereocenters. The van der Waals surface area contributed by atoms with Gasteiger partial charge in [0.15, 0.2) is 5.11 Å². The molecule has 0 saturated heterocycles. The summed E-state index contributed by atoms with van der Waals surface area (Å²) in [5, 5.41) is 7.28. The van der Waals surface area contributed by atoms with Gasteiger partial charge in [0.2, 0.25) is 0 Å². The average Bonchev–Trinajstić information content (AvgIpc) is 2.54. The third kappa shape index (κ3) is 4.86. The fourth-order valence-electron chi connectivity index (χ4n) is 2.12. The maximum absolute atomic E-state index is 13.6. The van der Waals surface area contributed by atoms with E-state index in [0.717, 1.165) is 11.3 Å². The molecular weight excluding hydrogens is 321 g/mol. The van der Waals surface area contributed by atoms with Gasteiger partial charge in [0.25, 0.3) is 0 Å².